The van der Waals surface area contributed by atoms with Crippen LogP contribution in [0.2, 0.25) is 0 Å². The van der Waals surface area contributed by atoms with Gasteiger partial charge < -0.3 is 0 Å². The summed E-state index contributed by atoms with van der Waals surface area (Å²) in [6.45, 7) is 1.62. The molecule has 0 aliphatic carbocycles. The summed E-state index contributed by atoms with van der Waals surface area (Å²) in [6, 6.07) is 3.10. The number of aromatic nitrogens is 2. The lowest BCUT2D eigenvalue weighted by atomic mass is 10.1. The maximum Gasteiger partial charge on any atom is 0.243 e. The predicted molar refractivity (Wildman–Crippen MR) is 68.6 cm³/mol. The summed E-state index contributed by atoms with van der Waals surface area (Å²) in [7, 11) is -3.67. The molecule has 0 atom stereocenters. The zero-order valence-electron chi connectivity index (χ0n) is 10.7. The van der Waals surface area contributed by atoms with Crippen molar-refractivity contribution in [3.63, 3.8) is 0 Å². The first-order valence-electron chi connectivity index (χ1n) is 5.83. The van der Waals surface area contributed by atoms with Crippen LogP contribution in [0.25, 0.3) is 0 Å². The van der Waals surface area contributed by atoms with Crippen molar-refractivity contribution in [1.29, 1.82) is 0 Å². The van der Waals surface area contributed by atoms with Gasteiger partial charge in [-0.15, -0.1) is 0 Å². The molecule has 0 fully saturated rings. The second kappa shape index (κ2) is 5.68. The molecule has 2 N–H and O–H groups in total. The van der Waals surface area contributed by atoms with Crippen LogP contribution in [-0.2, 0) is 16.4 Å². The van der Waals surface area contributed by atoms with Gasteiger partial charge in [0, 0.05) is 12.6 Å². The highest BCUT2D eigenvalue weighted by atomic mass is 32.2. The minimum atomic E-state index is -3.67. The van der Waals surface area contributed by atoms with Gasteiger partial charge in [-0.25, -0.2) is 21.9 Å². The third-order valence-electron chi connectivity index (χ3n) is 2.70. The van der Waals surface area contributed by atoms with Crippen molar-refractivity contribution >= 4 is 10.0 Å². The molecule has 2 aromatic rings. The smallest absolute Gasteiger partial charge is 0.243 e. The van der Waals surface area contributed by atoms with Gasteiger partial charge in [0.25, 0.3) is 0 Å². The van der Waals surface area contributed by atoms with E-state index in [-0.39, 0.29) is 17.9 Å². The molecule has 0 saturated carbocycles. The normalized spacial score (nSPS) is 11.8. The molecule has 0 saturated heterocycles. The average Bonchev–Trinajstić information content (AvgIpc) is 2.74. The van der Waals surface area contributed by atoms with Gasteiger partial charge in [-0.1, -0.05) is 0 Å². The Labute approximate surface area is 115 Å². The maximum atomic E-state index is 13.0. The van der Waals surface area contributed by atoms with E-state index in [1.54, 1.807) is 6.92 Å². The van der Waals surface area contributed by atoms with Gasteiger partial charge in [-0.05, 0) is 31.0 Å². The van der Waals surface area contributed by atoms with Crippen molar-refractivity contribution in [2.24, 2.45) is 0 Å². The van der Waals surface area contributed by atoms with Crippen molar-refractivity contribution < 1.29 is 17.2 Å². The first kappa shape index (κ1) is 14.6. The highest BCUT2D eigenvalue weighted by Gasteiger charge is 2.17. The third-order valence-corrected chi connectivity index (χ3v) is 4.28. The van der Waals surface area contributed by atoms with Crippen LogP contribution in [0.15, 0.2) is 29.3 Å². The molecule has 108 valence electrons. The predicted octanol–water partition coefficient (Wildman–Crippen LogP) is 1.52. The molecule has 20 heavy (non-hydrogen) atoms. The number of aromatic amines is 1. The number of rotatable bonds is 5. The summed E-state index contributed by atoms with van der Waals surface area (Å²) in [5.74, 6) is -1.37. The van der Waals surface area contributed by atoms with Crippen LogP contribution in [0.3, 0.4) is 0 Å². The molecule has 0 bridgehead atoms. The van der Waals surface area contributed by atoms with E-state index in [0.29, 0.717) is 11.3 Å². The standard InChI is InChI=1S/C12H13F2N3O2S/c1-8-12(7-15-17-8)20(18,19)16-3-2-9-4-10(13)6-11(14)5-9/h4-7,16H,2-3H2,1H3,(H,15,17). The van der Waals surface area contributed by atoms with Crippen molar-refractivity contribution in [3.8, 4) is 0 Å². The minimum absolute atomic E-state index is 0.0375. The van der Waals surface area contributed by atoms with Crippen LogP contribution in [0.5, 0.6) is 0 Å². The van der Waals surface area contributed by atoms with Crippen LogP contribution in [0, 0.1) is 18.6 Å². The van der Waals surface area contributed by atoms with Crippen LogP contribution in [0.1, 0.15) is 11.3 Å². The van der Waals surface area contributed by atoms with Crippen molar-refractivity contribution in [3.05, 3.63) is 47.3 Å². The van der Waals surface area contributed by atoms with Gasteiger partial charge in [0.1, 0.15) is 16.5 Å². The van der Waals surface area contributed by atoms with E-state index in [0.717, 1.165) is 6.07 Å². The van der Waals surface area contributed by atoms with Gasteiger partial charge >= 0.3 is 0 Å². The Morgan fingerprint density at radius 2 is 1.90 bits per heavy atom. The van der Waals surface area contributed by atoms with Gasteiger partial charge in [0.2, 0.25) is 10.0 Å². The van der Waals surface area contributed by atoms with E-state index >= 15 is 0 Å². The fourth-order valence-corrected chi connectivity index (χ4v) is 2.94. The van der Waals surface area contributed by atoms with Crippen molar-refractivity contribution in [2.75, 3.05) is 6.54 Å². The highest BCUT2D eigenvalue weighted by molar-refractivity contribution is 7.89. The number of aryl methyl sites for hydroxylation is 1. The molecule has 0 spiro atoms. The largest absolute Gasteiger partial charge is 0.281 e. The molecular formula is C12H13F2N3O2S. The summed E-state index contributed by atoms with van der Waals surface area (Å²) in [4.78, 5) is 0.0583. The molecule has 0 amide bonds. The average molecular weight is 301 g/mol. The molecule has 0 radical (unpaired) electrons. The number of nitrogens with zero attached hydrogens (tertiary/aromatic N) is 1. The maximum absolute atomic E-state index is 13.0. The first-order valence-corrected chi connectivity index (χ1v) is 7.31. The van der Waals surface area contributed by atoms with E-state index in [4.69, 9.17) is 0 Å². The summed E-state index contributed by atoms with van der Waals surface area (Å²) in [6.07, 6.45) is 1.39. The van der Waals surface area contributed by atoms with Crippen molar-refractivity contribution in [2.45, 2.75) is 18.2 Å². The molecule has 1 aromatic carbocycles. The number of sulfonamides is 1. The number of hydrogen-bond donors (Lipinski definition) is 2. The fraction of sp³-hybridized carbons (Fsp3) is 0.250. The van der Waals surface area contributed by atoms with Gasteiger partial charge in [-0.2, -0.15) is 5.10 Å². The lowest BCUT2D eigenvalue weighted by Crippen LogP contribution is -2.26. The van der Waals surface area contributed by atoms with E-state index in [1.165, 1.54) is 18.3 Å². The Morgan fingerprint density at radius 1 is 1.25 bits per heavy atom. The molecular weight excluding hydrogens is 288 g/mol. The SMILES string of the molecule is Cc1[nH]ncc1S(=O)(=O)NCCc1cc(F)cc(F)c1. The lowest BCUT2D eigenvalue weighted by molar-refractivity contribution is 0.576. The number of halogens is 2. The number of H-pyrrole nitrogens is 1. The van der Waals surface area contributed by atoms with E-state index in [2.05, 4.69) is 14.9 Å². The Hall–Kier alpha value is -1.80. The molecule has 5 nitrogen and oxygen atoms in total. The number of nitrogens with one attached hydrogen (secondary N) is 2. The molecule has 0 aliphatic rings. The van der Waals surface area contributed by atoms with Crippen LogP contribution < -0.4 is 4.72 Å². The Balaban J connectivity index is 2.01. The van der Waals surface area contributed by atoms with Crippen LogP contribution in [0.4, 0.5) is 8.78 Å². The summed E-state index contributed by atoms with van der Waals surface area (Å²) >= 11 is 0. The van der Waals surface area contributed by atoms with Gasteiger partial charge in [-0.3, -0.25) is 5.10 Å². The van der Waals surface area contributed by atoms with Crippen LogP contribution in [-0.4, -0.2) is 25.2 Å². The quantitative estimate of drug-likeness (QED) is 0.879. The van der Waals surface area contributed by atoms with Crippen molar-refractivity contribution in [1.82, 2.24) is 14.9 Å². The van der Waals surface area contributed by atoms with Gasteiger partial charge in [0.05, 0.1) is 11.9 Å². The second-order valence-corrected chi connectivity index (χ2v) is 6.02. The lowest BCUT2D eigenvalue weighted by Gasteiger charge is -2.06. The topological polar surface area (TPSA) is 74.8 Å². The number of hydrogen-bond acceptors (Lipinski definition) is 3. The second-order valence-electron chi connectivity index (χ2n) is 4.28. The molecule has 2 rings (SSSR count). The Morgan fingerprint density at radius 3 is 2.45 bits per heavy atom. The first-order chi connectivity index (χ1) is 9.38. The molecule has 1 aromatic heterocycles. The molecule has 1 heterocycles. The molecule has 8 heteroatoms. The van der Waals surface area contributed by atoms with E-state index in [9.17, 15) is 17.2 Å². The van der Waals surface area contributed by atoms with E-state index in [1.807, 2.05) is 0 Å². The third kappa shape index (κ3) is 3.40. The Bertz CT molecular complexity index is 693. The highest BCUT2D eigenvalue weighted by Crippen LogP contribution is 2.11. The summed E-state index contributed by atoms with van der Waals surface area (Å²) < 4.78 is 52.1. The molecule has 0 unspecified atom stereocenters. The zero-order chi connectivity index (χ0) is 14.8. The zero-order valence-corrected chi connectivity index (χ0v) is 11.5. The summed E-state index contributed by atoms with van der Waals surface area (Å²) in [5, 5.41) is 6.16. The van der Waals surface area contributed by atoms with E-state index < -0.39 is 21.7 Å². The molecule has 0 aliphatic heterocycles. The van der Waals surface area contributed by atoms with Crippen LogP contribution >= 0.6 is 0 Å². The fourth-order valence-electron chi connectivity index (χ4n) is 1.77. The number of benzene rings is 1. The monoisotopic (exact) mass is 301 g/mol. The summed E-state index contributed by atoms with van der Waals surface area (Å²) in [5.41, 5.74) is 0.809. The van der Waals surface area contributed by atoms with Gasteiger partial charge in [0.15, 0.2) is 0 Å². The minimum Gasteiger partial charge on any atom is -0.281 e. The Kier molecular flexibility index (Phi) is 4.15.